The molecule has 1 fully saturated rings. The first-order valence-electron chi connectivity index (χ1n) is 12.8. The van der Waals surface area contributed by atoms with E-state index in [1.165, 1.54) is 24.1 Å². The molecule has 0 radical (unpaired) electrons. The molecule has 1 saturated heterocycles. The summed E-state index contributed by atoms with van der Waals surface area (Å²) in [6.45, 7) is 8.74. The average molecular weight is 520 g/mol. The van der Waals surface area contributed by atoms with Gasteiger partial charge in [-0.3, -0.25) is 9.78 Å². The molecule has 1 amide bonds. The summed E-state index contributed by atoms with van der Waals surface area (Å²) in [6.07, 6.45) is 6.59. The van der Waals surface area contributed by atoms with E-state index in [-0.39, 0.29) is 5.91 Å². The molecule has 0 unspecified atom stereocenters. The van der Waals surface area contributed by atoms with Gasteiger partial charge >= 0.3 is 0 Å². The van der Waals surface area contributed by atoms with E-state index in [0.29, 0.717) is 6.54 Å². The molecule has 0 aliphatic carbocycles. The number of nitrogens with one attached hydrogen (secondary N) is 1. The SMILES string of the molecule is CCc1cc(-c2nc(-c3cc(C(=O)NCCN4CCCCC4)c(C)n3Cc3cccs3)cs2)ccn1. The lowest BCUT2D eigenvalue weighted by Gasteiger charge is -2.26. The molecular weight excluding hydrogens is 486 g/mol. The van der Waals surface area contributed by atoms with Crippen molar-refractivity contribution in [3.63, 3.8) is 0 Å². The van der Waals surface area contributed by atoms with E-state index in [4.69, 9.17) is 4.98 Å². The van der Waals surface area contributed by atoms with Crippen molar-refractivity contribution in [2.45, 2.75) is 46.1 Å². The largest absolute Gasteiger partial charge is 0.351 e. The van der Waals surface area contributed by atoms with Crippen molar-refractivity contribution in [2.75, 3.05) is 26.2 Å². The Morgan fingerprint density at radius 1 is 1.14 bits per heavy atom. The number of nitrogens with zero attached hydrogens (tertiary/aromatic N) is 4. The molecule has 0 spiro atoms. The summed E-state index contributed by atoms with van der Waals surface area (Å²) in [5.41, 5.74) is 5.73. The Bertz CT molecular complexity index is 1300. The third kappa shape index (κ3) is 5.61. The summed E-state index contributed by atoms with van der Waals surface area (Å²) in [6, 6.07) is 10.4. The molecule has 0 atom stereocenters. The Morgan fingerprint density at radius 3 is 2.78 bits per heavy atom. The van der Waals surface area contributed by atoms with Gasteiger partial charge < -0.3 is 14.8 Å². The second kappa shape index (κ2) is 11.5. The van der Waals surface area contributed by atoms with Gasteiger partial charge in [-0.25, -0.2) is 4.98 Å². The molecule has 36 heavy (non-hydrogen) atoms. The van der Waals surface area contributed by atoms with Gasteiger partial charge in [0.05, 0.1) is 23.5 Å². The number of likely N-dealkylation sites (tertiary alicyclic amines) is 1. The van der Waals surface area contributed by atoms with Crippen molar-refractivity contribution >= 4 is 28.6 Å². The Kier molecular flexibility index (Phi) is 7.94. The fourth-order valence-electron chi connectivity index (χ4n) is 4.78. The molecule has 1 aliphatic heterocycles. The third-order valence-corrected chi connectivity index (χ3v) is 8.61. The molecule has 1 N–H and O–H groups in total. The molecule has 1 aliphatic rings. The monoisotopic (exact) mass is 519 g/mol. The van der Waals surface area contributed by atoms with Crippen LogP contribution in [0.1, 0.15) is 52.8 Å². The van der Waals surface area contributed by atoms with Crippen LogP contribution in [0.4, 0.5) is 0 Å². The Labute approximate surface area is 221 Å². The second-order valence-electron chi connectivity index (χ2n) is 9.28. The minimum absolute atomic E-state index is 0.00661. The molecular formula is C28H33N5OS2. The summed E-state index contributed by atoms with van der Waals surface area (Å²) in [5.74, 6) is -0.00661. The van der Waals surface area contributed by atoms with Crippen LogP contribution in [0.3, 0.4) is 0 Å². The van der Waals surface area contributed by atoms with Crippen LogP contribution in [0.5, 0.6) is 0 Å². The van der Waals surface area contributed by atoms with Crippen LogP contribution in [-0.4, -0.2) is 51.5 Å². The van der Waals surface area contributed by atoms with Gasteiger partial charge in [-0.15, -0.1) is 22.7 Å². The fraction of sp³-hybridized carbons (Fsp3) is 0.393. The smallest absolute Gasteiger partial charge is 0.253 e. The Balaban J connectivity index is 1.40. The van der Waals surface area contributed by atoms with E-state index in [1.54, 1.807) is 22.7 Å². The van der Waals surface area contributed by atoms with Gasteiger partial charge in [-0.1, -0.05) is 19.4 Å². The maximum absolute atomic E-state index is 13.2. The highest BCUT2D eigenvalue weighted by Crippen LogP contribution is 2.32. The van der Waals surface area contributed by atoms with Crippen LogP contribution in [0.25, 0.3) is 22.0 Å². The first kappa shape index (κ1) is 24.9. The average Bonchev–Trinajstić information content (AvgIpc) is 3.67. The zero-order valence-electron chi connectivity index (χ0n) is 21.0. The van der Waals surface area contributed by atoms with Crippen molar-refractivity contribution in [3.05, 3.63) is 69.1 Å². The highest BCUT2D eigenvalue weighted by Gasteiger charge is 2.21. The van der Waals surface area contributed by atoms with E-state index in [1.807, 2.05) is 25.3 Å². The fourth-order valence-corrected chi connectivity index (χ4v) is 6.29. The van der Waals surface area contributed by atoms with Crippen molar-refractivity contribution in [1.29, 1.82) is 0 Å². The number of carbonyl (C=O) groups excluding carboxylic acids is 1. The van der Waals surface area contributed by atoms with E-state index in [2.05, 4.69) is 55.7 Å². The molecule has 5 rings (SSSR count). The van der Waals surface area contributed by atoms with Crippen molar-refractivity contribution in [2.24, 2.45) is 0 Å². The highest BCUT2D eigenvalue weighted by molar-refractivity contribution is 7.13. The van der Waals surface area contributed by atoms with Crippen molar-refractivity contribution < 1.29 is 4.79 Å². The molecule has 4 aromatic heterocycles. The van der Waals surface area contributed by atoms with Crippen LogP contribution >= 0.6 is 22.7 Å². The predicted molar refractivity (Wildman–Crippen MR) is 149 cm³/mol. The number of hydrogen-bond donors (Lipinski definition) is 1. The standard InChI is InChI=1S/C28H33N5OS2/c1-3-22-16-21(9-10-29-22)28-31-25(19-36-28)26-17-24(20(2)33(26)18-23-8-7-15-35-23)27(34)30-11-14-32-12-5-4-6-13-32/h7-10,15-17,19H,3-6,11-14,18H2,1-2H3,(H,30,34). The molecule has 8 heteroatoms. The normalized spacial score (nSPS) is 14.3. The number of thiophene rings is 1. The lowest BCUT2D eigenvalue weighted by atomic mass is 10.1. The molecule has 0 bridgehead atoms. The summed E-state index contributed by atoms with van der Waals surface area (Å²) in [4.78, 5) is 26.3. The van der Waals surface area contributed by atoms with Gasteiger partial charge in [0.2, 0.25) is 0 Å². The van der Waals surface area contributed by atoms with Gasteiger partial charge in [-0.2, -0.15) is 0 Å². The van der Waals surface area contributed by atoms with Gasteiger partial charge in [0.1, 0.15) is 5.01 Å². The lowest BCUT2D eigenvalue weighted by Crippen LogP contribution is -2.37. The summed E-state index contributed by atoms with van der Waals surface area (Å²) in [5, 5.41) is 8.33. The molecule has 0 aromatic carbocycles. The minimum Gasteiger partial charge on any atom is -0.351 e. The molecule has 188 valence electrons. The van der Waals surface area contributed by atoms with Gasteiger partial charge in [0.15, 0.2) is 0 Å². The topological polar surface area (TPSA) is 63.1 Å². The van der Waals surface area contributed by atoms with Gasteiger partial charge in [-0.05, 0) is 68.9 Å². The summed E-state index contributed by atoms with van der Waals surface area (Å²) < 4.78 is 2.23. The number of carbonyl (C=O) groups is 1. The van der Waals surface area contributed by atoms with Crippen LogP contribution < -0.4 is 5.32 Å². The molecule has 0 saturated carbocycles. The number of amides is 1. The number of pyridine rings is 1. The number of aryl methyl sites for hydroxylation is 1. The number of rotatable bonds is 9. The summed E-state index contributed by atoms with van der Waals surface area (Å²) >= 11 is 3.36. The third-order valence-electron chi connectivity index (χ3n) is 6.86. The van der Waals surface area contributed by atoms with Crippen LogP contribution in [-0.2, 0) is 13.0 Å². The van der Waals surface area contributed by atoms with Crippen molar-refractivity contribution in [3.8, 4) is 22.0 Å². The zero-order valence-corrected chi connectivity index (χ0v) is 22.6. The quantitative estimate of drug-likeness (QED) is 0.300. The number of piperidine rings is 1. The molecule has 4 aromatic rings. The lowest BCUT2D eigenvalue weighted by molar-refractivity contribution is 0.0946. The van der Waals surface area contributed by atoms with Gasteiger partial charge in [0.25, 0.3) is 5.91 Å². The minimum atomic E-state index is -0.00661. The Hall–Kier alpha value is -2.81. The maximum atomic E-state index is 13.2. The first-order chi connectivity index (χ1) is 17.6. The van der Waals surface area contributed by atoms with E-state index in [0.717, 1.165) is 71.5 Å². The maximum Gasteiger partial charge on any atom is 0.253 e. The zero-order chi connectivity index (χ0) is 24.9. The van der Waals surface area contributed by atoms with E-state index < -0.39 is 0 Å². The first-order valence-corrected chi connectivity index (χ1v) is 14.5. The second-order valence-corrected chi connectivity index (χ2v) is 11.2. The molecule has 5 heterocycles. The Morgan fingerprint density at radius 2 is 2.00 bits per heavy atom. The highest BCUT2D eigenvalue weighted by atomic mass is 32.1. The number of hydrogen-bond acceptors (Lipinski definition) is 6. The van der Waals surface area contributed by atoms with Crippen LogP contribution in [0, 0.1) is 6.92 Å². The predicted octanol–water partition coefficient (Wildman–Crippen LogP) is 5.87. The number of thiazole rings is 1. The molecule has 6 nitrogen and oxygen atoms in total. The van der Waals surface area contributed by atoms with E-state index in [9.17, 15) is 4.79 Å². The van der Waals surface area contributed by atoms with Crippen LogP contribution in [0.2, 0.25) is 0 Å². The van der Waals surface area contributed by atoms with Crippen LogP contribution in [0.15, 0.2) is 47.3 Å². The summed E-state index contributed by atoms with van der Waals surface area (Å²) in [7, 11) is 0. The van der Waals surface area contributed by atoms with E-state index >= 15 is 0 Å². The van der Waals surface area contributed by atoms with Gasteiger partial charge in [0, 0.05) is 46.5 Å². The number of aromatic nitrogens is 3. The van der Waals surface area contributed by atoms with Crippen molar-refractivity contribution in [1.82, 2.24) is 24.8 Å².